The summed E-state index contributed by atoms with van der Waals surface area (Å²) in [5, 5.41) is 1.27. The molecule has 1 rings (SSSR count). The first kappa shape index (κ1) is 8.73. The van der Waals surface area contributed by atoms with E-state index >= 15 is 0 Å². The van der Waals surface area contributed by atoms with Crippen molar-refractivity contribution in [3.63, 3.8) is 0 Å². The number of nitrogens with two attached hydrogens (primary N) is 1. The fourth-order valence-corrected chi connectivity index (χ4v) is 0.840. The van der Waals surface area contributed by atoms with Crippen LogP contribution in [0, 0.1) is 4.51 Å². The first-order valence-electron chi connectivity index (χ1n) is 3.33. The SMILES string of the molecule is CN(C(N)=O)n1ccc(=S)cc1. The van der Waals surface area contributed by atoms with Crippen LogP contribution in [0.1, 0.15) is 0 Å². The minimum Gasteiger partial charge on any atom is -0.350 e. The molecule has 0 saturated carbocycles. The third-order valence-corrected chi connectivity index (χ3v) is 1.72. The second kappa shape index (κ2) is 3.36. The van der Waals surface area contributed by atoms with Gasteiger partial charge in [0.25, 0.3) is 0 Å². The lowest BCUT2D eigenvalue weighted by molar-refractivity contribution is 0.250. The van der Waals surface area contributed by atoms with Crippen LogP contribution in [0.25, 0.3) is 0 Å². The molecule has 1 aromatic rings. The molecule has 0 unspecified atom stereocenters. The molecule has 12 heavy (non-hydrogen) atoms. The summed E-state index contributed by atoms with van der Waals surface area (Å²) in [5.74, 6) is 0. The highest BCUT2D eigenvalue weighted by molar-refractivity contribution is 7.71. The van der Waals surface area contributed by atoms with Crippen molar-refractivity contribution in [2.45, 2.75) is 0 Å². The van der Waals surface area contributed by atoms with Crippen molar-refractivity contribution in [1.29, 1.82) is 0 Å². The summed E-state index contributed by atoms with van der Waals surface area (Å²) in [7, 11) is 1.57. The number of carbonyl (C=O) groups is 1. The van der Waals surface area contributed by atoms with Crippen LogP contribution in [0.4, 0.5) is 4.79 Å². The Morgan fingerprint density at radius 3 is 2.50 bits per heavy atom. The van der Waals surface area contributed by atoms with Gasteiger partial charge >= 0.3 is 6.03 Å². The smallest absolute Gasteiger partial charge is 0.333 e. The van der Waals surface area contributed by atoms with E-state index in [2.05, 4.69) is 0 Å². The highest BCUT2D eigenvalue weighted by atomic mass is 32.1. The second-order valence-electron chi connectivity index (χ2n) is 2.28. The Balaban J connectivity index is 2.97. The Morgan fingerprint density at radius 2 is 2.08 bits per heavy atom. The highest BCUT2D eigenvalue weighted by Crippen LogP contribution is 1.92. The molecule has 1 heterocycles. The Labute approximate surface area is 75.2 Å². The Morgan fingerprint density at radius 1 is 1.58 bits per heavy atom. The van der Waals surface area contributed by atoms with Crippen LogP contribution in [0.15, 0.2) is 24.5 Å². The third-order valence-electron chi connectivity index (χ3n) is 1.45. The van der Waals surface area contributed by atoms with Gasteiger partial charge in [0.2, 0.25) is 0 Å². The molecule has 0 bridgehead atoms. The van der Waals surface area contributed by atoms with E-state index in [0.29, 0.717) is 0 Å². The monoisotopic (exact) mass is 183 g/mol. The number of nitrogens with zero attached hydrogens (tertiary/aromatic N) is 2. The summed E-state index contributed by atoms with van der Waals surface area (Å²) < 4.78 is 2.28. The van der Waals surface area contributed by atoms with Gasteiger partial charge in [-0.1, -0.05) is 12.2 Å². The normalized spacial score (nSPS) is 9.42. The molecule has 4 nitrogen and oxygen atoms in total. The fraction of sp³-hybridized carbons (Fsp3) is 0.143. The van der Waals surface area contributed by atoms with Crippen molar-refractivity contribution in [2.24, 2.45) is 5.73 Å². The molecular weight excluding hydrogens is 174 g/mol. The van der Waals surface area contributed by atoms with Crippen molar-refractivity contribution in [1.82, 2.24) is 4.68 Å². The van der Waals surface area contributed by atoms with E-state index < -0.39 is 6.03 Å². The van der Waals surface area contributed by atoms with Gasteiger partial charge in [0, 0.05) is 24.0 Å². The molecule has 2 N–H and O–H groups in total. The zero-order chi connectivity index (χ0) is 9.14. The predicted molar refractivity (Wildman–Crippen MR) is 49.0 cm³/mol. The summed E-state index contributed by atoms with van der Waals surface area (Å²) in [6.45, 7) is 0. The maximum atomic E-state index is 10.7. The Hall–Kier alpha value is -1.36. The van der Waals surface area contributed by atoms with Crippen LogP contribution in [-0.2, 0) is 0 Å². The number of urea groups is 1. The predicted octanol–water partition coefficient (Wildman–Crippen LogP) is 0.864. The molecule has 0 aromatic carbocycles. The van der Waals surface area contributed by atoms with Crippen LogP contribution in [0.3, 0.4) is 0 Å². The number of hydrogen-bond donors (Lipinski definition) is 1. The van der Waals surface area contributed by atoms with Crippen molar-refractivity contribution >= 4 is 18.2 Å². The molecule has 64 valence electrons. The van der Waals surface area contributed by atoms with E-state index in [-0.39, 0.29) is 0 Å². The summed E-state index contributed by atoms with van der Waals surface area (Å²) >= 11 is 4.88. The first-order chi connectivity index (χ1) is 5.61. The molecule has 2 amide bonds. The minimum absolute atomic E-state index is 0.517. The zero-order valence-electron chi connectivity index (χ0n) is 6.60. The standard InChI is InChI=1S/C7H9N3OS/c1-9(7(8)11)10-4-2-6(12)3-5-10/h2-5H,1H3,(H2,8,11). The van der Waals surface area contributed by atoms with Gasteiger partial charge < -0.3 is 5.73 Å². The van der Waals surface area contributed by atoms with E-state index in [9.17, 15) is 4.79 Å². The number of hydrogen-bond acceptors (Lipinski definition) is 2. The molecule has 0 spiro atoms. The molecule has 0 fully saturated rings. The molecule has 0 aliphatic carbocycles. The Bertz CT molecular complexity index is 326. The maximum absolute atomic E-state index is 10.7. The number of rotatable bonds is 1. The molecule has 0 aliphatic heterocycles. The van der Waals surface area contributed by atoms with E-state index in [1.165, 1.54) is 5.01 Å². The molecule has 5 heteroatoms. The third kappa shape index (κ3) is 1.82. The van der Waals surface area contributed by atoms with Gasteiger partial charge in [0.05, 0.1) is 0 Å². The van der Waals surface area contributed by atoms with Gasteiger partial charge in [0.15, 0.2) is 0 Å². The molecule has 0 atom stereocenters. The van der Waals surface area contributed by atoms with Crippen LogP contribution in [0.5, 0.6) is 0 Å². The lowest BCUT2D eigenvalue weighted by atomic mass is 10.5. The Kier molecular flexibility index (Phi) is 2.44. The molecule has 0 radical (unpaired) electrons. The van der Waals surface area contributed by atoms with Gasteiger partial charge in [0.1, 0.15) is 0 Å². The lowest BCUT2D eigenvalue weighted by Gasteiger charge is -2.16. The lowest BCUT2D eigenvalue weighted by Crippen LogP contribution is -2.40. The van der Waals surface area contributed by atoms with Crippen LogP contribution < -0.4 is 10.7 Å². The molecule has 1 aromatic heterocycles. The quantitative estimate of drug-likeness (QED) is 0.657. The average molecular weight is 183 g/mol. The zero-order valence-corrected chi connectivity index (χ0v) is 7.41. The highest BCUT2D eigenvalue weighted by Gasteiger charge is 2.01. The molecular formula is C7H9N3OS. The number of amides is 2. The van der Waals surface area contributed by atoms with Gasteiger partial charge in [-0.3, -0.25) is 4.68 Å². The van der Waals surface area contributed by atoms with Crippen LogP contribution in [0.2, 0.25) is 0 Å². The second-order valence-corrected chi connectivity index (χ2v) is 2.75. The number of pyridine rings is 1. The largest absolute Gasteiger partial charge is 0.350 e. The molecule has 0 saturated heterocycles. The topological polar surface area (TPSA) is 51.3 Å². The van der Waals surface area contributed by atoms with E-state index in [4.69, 9.17) is 18.0 Å². The van der Waals surface area contributed by atoms with Gasteiger partial charge in [-0.25, -0.2) is 9.80 Å². The number of primary amides is 1. The summed E-state index contributed by atoms with van der Waals surface area (Å²) in [4.78, 5) is 10.7. The van der Waals surface area contributed by atoms with E-state index in [1.54, 1.807) is 36.3 Å². The van der Waals surface area contributed by atoms with Gasteiger partial charge in [-0.05, 0) is 12.1 Å². The van der Waals surface area contributed by atoms with Gasteiger partial charge in [-0.15, -0.1) is 0 Å². The fourth-order valence-electron chi connectivity index (χ4n) is 0.719. The number of carbonyl (C=O) groups excluding carboxylic acids is 1. The van der Waals surface area contributed by atoms with Crippen molar-refractivity contribution in [2.75, 3.05) is 12.1 Å². The number of aromatic nitrogens is 1. The van der Waals surface area contributed by atoms with Crippen molar-refractivity contribution in [3.05, 3.63) is 29.0 Å². The van der Waals surface area contributed by atoms with Crippen LogP contribution >= 0.6 is 12.2 Å². The van der Waals surface area contributed by atoms with Gasteiger partial charge in [-0.2, -0.15) is 0 Å². The van der Waals surface area contributed by atoms with Crippen LogP contribution in [-0.4, -0.2) is 17.8 Å². The summed E-state index contributed by atoms with van der Waals surface area (Å²) in [5.41, 5.74) is 5.05. The molecule has 0 aliphatic rings. The van der Waals surface area contributed by atoms with E-state index in [0.717, 1.165) is 4.51 Å². The summed E-state index contributed by atoms with van der Waals surface area (Å²) in [6.07, 6.45) is 3.35. The maximum Gasteiger partial charge on any atom is 0.333 e. The van der Waals surface area contributed by atoms with Crippen molar-refractivity contribution < 1.29 is 4.79 Å². The average Bonchev–Trinajstić information content (AvgIpc) is 2.04. The minimum atomic E-state index is -0.517. The van der Waals surface area contributed by atoms with E-state index in [1.807, 2.05) is 0 Å². The summed E-state index contributed by atoms with van der Waals surface area (Å²) in [6, 6.07) is 2.92. The van der Waals surface area contributed by atoms with Crippen molar-refractivity contribution in [3.8, 4) is 0 Å². The first-order valence-corrected chi connectivity index (χ1v) is 3.74.